The summed E-state index contributed by atoms with van der Waals surface area (Å²) in [7, 11) is -1.86. The Bertz CT molecular complexity index is 1240. The number of hydrogen-bond acceptors (Lipinski definition) is 6. The molecule has 0 spiro atoms. The van der Waals surface area contributed by atoms with Crippen molar-refractivity contribution in [3.63, 3.8) is 0 Å². The molecule has 1 aromatic carbocycles. The number of hydrogen-bond donors (Lipinski definition) is 2. The summed E-state index contributed by atoms with van der Waals surface area (Å²) in [4.78, 5) is 45.2. The maximum absolute atomic E-state index is 12.8. The molecule has 1 aliphatic rings. The molecule has 0 saturated carbocycles. The van der Waals surface area contributed by atoms with Crippen LogP contribution in [0.3, 0.4) is 0 Å². The smallest absolute Gasteiger partial charge is 0.354 e. The third-order valence-corrected chi connectivity index (χ3v) is 12.4. The van der Waals surface area contributed by atoms with Crippen molar-refractivity contribution in [2.24, 2.45) is 5.73 Å². The van der Waals surface area contributed by atoms with Gasteiger partial charge in [-0.3, -0.25) is 14.7 Å². The molecule has 1 saturated heterocycles. The number of amides is 3. The Morgan fingerprint density at radius 2 is 1.60 bits per heavy atom. The number of urea groups is 1. The fraction of sp³-hybridized carbons (Fsp3) is 0.586. The topological polar surface area (TPSA) is 123 Å². The lowest BCUT2D eigenvalue weighted by Gasteiger charge is -2.39. The van der Waals surface area contributed by atoms with Crippen molar-refractivity contribution >= 4 is 26.1 Å². The van der Waals surface area contributed by atoms with Gasteiger partial charge in [0, 0.05) is 38.5 Å². The molecule has 0 radical (unpaired) electrons. The van der Waals surface area contributed by atoms with Crippen molar-refractivity contribution in [1.29, 1.82) is 0 Å². The van der Waals surface area contributed by atoms with Crippen LogP contribution in [-0.2, 0) is 15.6 Å². The zero-order valence-electron chi connectivity index (χ0n) is 25.3. The molecule has 0 bridgehead atoms. The molecule has 11 heteroatoms. The van der Waals surface area contributed by atoms with Gasteiger partial charge < -0.3 is 20.0 Å². The van der Waals surface area contributed by atoms with E-state index in [1.165, 1.54) is 4.57 Å². The van der Waals surface area contributed by atoms with Crippen LogP contribution in [0.5, 0.6) is 0 Å². The van der Waals surface area contributed by atoms with Gasteiger partial charge in [-0.05, 0) is 68.6 Å². The number of nitrogens with two attached hydrogens (primary N) is 1. The Kier molecular flexibility index (Phi) is 9.64. The predicted octanol–water partition coefficient (Wildman–Crippen LogP) is 3.99. The Morgan fingerprint density at radius 1 is 1.02 bits per heavy atom. The second-order valence-corrected chi connectivity index (χ2v) is 17.4. The average Bonchev–Trinajstić information content (AvgIpc) is 2.87. The molecule has 1 atom stereocenters. The van der Waals surface area contributed by atoms with Gasteiger partial charge in [0.1, 0.15) is 5.82 Å². The molecule has 220 valence electrons. The van der Waals surface area contributed by atoms with E-state index in [2.05, 4.69) is 51.1 Å². The number of nitrogens with zero attached hydrogens (tertiary/aromatic N) is 4. The Balaban J connectivity index is 1.60. The first-order chi connectivity index (χ1) is 18.5. The van der Waals surface area contributed by atoms with Gasteiger partial charge in [0.15, 0.2) is 8.32 Å². The number of benzene rings is 1. The van der Waals surface area contributed by atoms with Gasteiger partial charge >= 0.3 is 11.7 Å². The van der Waals surface area contributed by atoms with Crippen LogP contribution in [0.1, 0.15) is 53.5 Å². The molecule has 2 aromatic rings. The summed E-state index contributed by atoms with van der Waals surface area (Å²) in [6, 6.07) is 9.08. The summed E-state index contributed by atoms with van der Waals surface area (Å²) >= 11 is 0. The highest BCUT2D eigenvalue weighted by Gasteiger charge is 2.38. The molecule has 1 fully saturated rings. The van der Waals surface area contributed by atoms with Crippen LogP contribution in [0.4, 0.5) is 10.6 Å². The first-order valence-corrected chi connectivity index (χ1v) is 16.9. The maximum atomic E-state index is 12.8. The number of anilines is 1. The predicted molar refractivity (Wildman–Crippen MR) is 161 cm³/mol. The summed E-state index contributed by atoms with van der Waals surface area (Å²) in [6.07, 6.45) is 3.50. The molecule has 3 N–H and O–H groups in total. The molecule has 40 heavy (non-hydrogen) atoms. The van der Waals surface area contributed by atoms with E-state index < -0.39 is 19.5 Å². The van der Waals surface area contributed by atoms with E-state index >= 15 is 0 Å². The molecule has 10 nitrogen and oxygen atoms in total. The van der Waals surface area contributed by atoms with Gasteiger partial charge in [0.25, 0.3) is 0 Å². The summed E-state index contributed by atoms with van der Waals surface area (Å²) in [5.41, 5.74) is 6.32. The van der Waals surface area contributed by atoms with Crippen LogP contribution < -0.4 is 16.7 Å². The Hall–Kier alpha value is -3.02. The minimum absolute atomic E-state index is 0.143. The fourth-order valence-electron chi connectivity index (χ4n) is 4.30. The van der Waals surface area contributed by atoms with E-state index in [0.717, 1.165) is 18.4 Å². The molecule has 0 aliphatic carbocycles. The van der Waals surface area contributed by atoms with Gasteiger partial charge in [0.05, 0.1) is 11.2 Å². The molecule has 3 rings (SSSR count). The highest BCUT2D eigenvalue weighted by atomic mass is 28.4. The normalized spacial score (nSPS) is 15.6. The van der Waals surface area contributed by atoms with E-state index in [1.54, 1.807) is 35.9 Å². The Labute approximate surface area is 239 Å². The van der Waals surface area contributed by atoms with Gasteiger partial charge in [0.2, 0.25) is 5.91 Å². The zero-order valence-corrected chi connectivity index (χ0v) is 26.3. The van der Waals surface area contributed by atoms with E-state index in [4.69, 9.17) is 10.2 Å². The number of piperazine rings is 1. The lowest BCUT2D eigenvalue weighted by Crippen LogP contribution is -2.58. The second-order valence-electron chi connectivity index (χ2n) is 12.7. The van der Waals surface area contributed by atoms with E-state index in [-0.39, 0.29) is 28.9 Å². The van der Waals surface area contributed by atoms with Crippen LogP contribution in [0.2, 0.25) is 18.1 Å². The molecule has 1 aliphatic heterocycles. The summed E-state index contributed by atoms with van der Waals surface area (Å²) in [5, 5.41) is 2.85. The van der Waals surface area contributed by atoms with Gasteiger partial charge in [-0.15, -0.1) is 0 Å². The van der Waals surface area contributed by atoms with Crippen LogP contribution in [0.25, 0.3) is 5.69 Å². The van der Waals surface area contributed by atoms with E-state index in [0.29, 0.717) is 31.9 Å². The third-order valence-electron chi connectivity index (χ3n) is 7.84. The lowest BCUT2D eigenvalue weighted by molar-refractivity contribution is -0.137. The van der Waals surface area contributed by atoms with Crippen molar-refractivity contribution in [1.82, 2.24) is 19.4 Å². The largest absolute Gasteiger partial charge is 0.414 e. The first kappa shape index (κ1) is 31.5. The summed E-state index contributed by atoms with van der Waals surface area (Å²) in [5.74, 6) is 0.0357. The Morgan fingerprint density at radius 3 is 2.10 bits per heavy atom. The van der Waals surface area contributed by atoms with Crippen molar-refractivity contribution in [3.05, 3.63) is 52.6 Å². The molecular formula is C29H46N6O4Si. The highest BCUT2D eigenvalue weighted by Crippen LogP contribution is 2.38. The van der Waals surface area contributed by atoms with Gasteiger partial charge in [-0.2, -0.15) is 4.98 Å². The van der Waals surface area contributed by atoms with E-state index in [1.807, 2.05) is 24.3 Å². The average molecular weight is 571 g/mol. The van der Waals surface area contributed by atoms with Crippen molar-refractivity contribution < 1.29 is 14.0 Å². The highest BCUT2D eigenvalue weighted by molar-refractivity contribution is 6.74. The van der Waals surface area contributed by atoms with Crippen molar-refractivity contribution in [2.75, 3.05) is 31.5 Å². The van der Waals surface area contributed by atoms with Gasteiger partial charge in [-0.1, -0.05) is 39.8 Å². The SMILES string of the molecule is CCC(Cc1ccc(-n2ccc(NC(=O)N3CCN(C(=O)C(C)(C)N)CC3)nc2=O)cc1)O[Si](C)(C)C(C)(C)C. The van der Waals surface area contributed by atoms with Crippen LogP contribution in [-0.4, -0.2) is 77.4 Å². The quantitative estimate of drug-likeness (QED) is 0.463. The van der Waals surface area contributed by atoms with E-state index in [9.17, 15) is 14.4 Å². The minimum Gasteiger partial charge on any atom is -0.414 e. The summed E-state index contributed by atoms with van der Waals surface area (Å²) in [6.45, 7) is 18.3. The second kappa shape index (κ2) is 12.2. The maximum Gasteiger partial charge on any atom is 0.354 e. The van der Waals surface area contributed by atoms with Crippen LogP contribution in [0, 0.1) is 0 Å². The number of rotatable bonds is 8. The van der Waals surface area contributed by atoms with Gasteiger partial charge in [-0.25, -0.2) is 9.59 Å². The molecule has 1 aromatic heterocycles. The monoisotopic (exact) mass is 570 g/mol. The number of carbonyl (C=O) groups excluding carboxylic acids is 2. The fourth-order valence-corrected chi connectivity index (χ4v) is 5.73. The lowest BCUT2D eigenvalue weighted by atomic mass is 10.1. The van der Waals surface area contributed by atoms with Crippen LogP contribution >= 0.6 is 0 Å². The number of nitrogens with one attached hydrogen (secondary N) is 1. The van der Waals surface area contributed by atoms with Crippen molar-refractivity contribution in [2.45, 2.75) is 84.2 Å². The molecule has 1 unspecified atom stereocenters. The third kappa shape index (κ3) is 7.79. The first-order valence-electron chi connectivity index (χ1n) is 14.0. The van der Waals surface area contributed by atoms with Crippen molar-refractivity contribution in [3.8, 4) is 5.69 Å². The standard InChI is InChI=1S/C29H46N6O4Si/c1-9-23(39-40(7,8)28(2,3)4)20-21-10-12-22(13-11-21)35-15-14-24(32-27(35)38)31-26(37)34-18-16-33(17-19-34)25(36)29(5,6)30/h10-15,23H,9,16-20,30H2,1-8H3,(H,31,32,37,38). The number of aromatic nitrogens is 2. The number of carbonyl (C=O) groups is 2. The van der Waals surface area contributed by atoms with Crippen LogP contribution in [0.15, 0.2) is 41.3 Å². The molecular weight excluding hydrogens is 524 g/mol. The minimum atomic E-state index is -1.86. The molecule has 3 amide bonds. The summed E-state index contributed by atoms with van der Waals surface area (Å²) < 4.78 is 8.07. The zero-order chi connectivity index (χ0) is 29.9. The molecule has 2 heterocycles.